The van der Waals surface area contributed by atoms with E-state index in [9.17, 15) is 9.59 Å². The highest BCUT2D eigenvalue weighted by Gasteiger charge is 2.37. The van der Waals surface area contributed by atoms with Crippen molar-refractivity contribution in [3.05, 3.63) is 35.4 Å². The molecule has 0 unspecified atom stereocenters. The van der Waals surface area contributed by atoms with Gasteiger partial charge in [-0.2, -0.15) is 0 Å². The summed E-state index contributed by atoms with van der Waals surface area (Å²) in [6.45, 7) is 2.22. The Kier molecular flexibility index (Phi) is 3.66. The maximum Gasteiger partial charge on any atom is 0.296 e. The fourth-order valence-electron chi connectivity index (χ4n) is 3.27. The van der Waals surface area contributed by atoms with E-state index < -0.39 is 0 Å². The minimum absolute atomic E-state index is 0.116. The van der Waals surface area contributed by atoms with Crippen LogP contribution in [0.15, 0.2) is 24.3 Å². The Balaban J connectivity index is 1.64. The Bertz CT molecular complexity index is 617. The molecule has 1 aromatic carbocycles. The molecule has 4 heteroatoms. The number of nitrogens with one attached hydrogen (secondary N) is 1. The van der Waals surface area contributed by atoms with Gasteiger partial charge in [0.05, 0.1) is 6.04 Å². The number of carbonyl (C=O) groups excluding carboxylic acids is 2. The van der Waals surface area contributed by atoms with Gasteiger partial charge in [-0.25, -0.2) is 0 Å². The van der Waals surface area contributed by atoms with Gasteiger partial charge in [0.15, 0.2) is 0 Å². The van der Waals surface area contributed by atoms with E-state index in [1.165, 1.54) is 11.1 Å². The van der Waals surface area contributed by atoms with Crippen molar-refractivity contribution in [3.63, 3.8) is 0 Å². The molecule has 1 atom stereocenters. The van der Waals surface area contributed by atoms with Gasteiger partial charge in [0.25, 0.3) is 5.91 Å². The van der Waals surface area contributed by atoms with Crippen molar-refractivity contribution < 1.29 is 9.59 Å². The molecular weight excluding hydrogens is 264 g/mol. The van der Waals surface area contributed by atoms with Crippen molar-refractivity contribution in [2.24, 2.45) is 0 Å². The number of benzene rings is 1. The first-order valence-electron chi connectivity index (χ1n) is 7.27. The van der Waals surface area contributed by atoms with Gasteiger partial charge in [0.1, 0.15) is 0 Å². The Morgan fingerprint density at radius 1 is 1.24 bits per heavy atom. The zero-order chi connectivity index (χ0) is 14.8. The lowest BCUT2D eigenvalue weighted by atomic mass is 10.1. The molecule has 21 heavy (non-hydrogen) atoms. The van der Waals surface area contributed by atoms with Crippen LogP contribution in [0, 0.1) is 11.8 Å². The SMILES string of the molecule is CC#CC(=O)N[C@@H]1CC(=O)N(C2Cc3ccccc3C2)C1. The second-order valence-corrected chi connectivity index (χ2v) is 5.63. The molecule has 0 bridgehead atoms. The van der Waals surface area contributed by atoms with E-state index in [0.717, 1.165) is 12.8 Å². The first kappa shape index (κ1) is 13.7. The van der Waals surface area contributed by atoms with Gasteiger partial charge in [-0.15, -0.1) is 0 Å². The molecule has 1 saturated heterocycles. The minimum Gasteiger partial charge on any atom is -0.340 e. The monoisotopic (exact) mass is 282 g/mol. The standard InChI is InChI=1S/C17H18N2O2/c1-2-5-16(20)18-14-10-17(21)19(11-14)15-8-12-6-3-4-7-13(12)9-15/h3-4,6-7,14-15H,8-11H2,1H3,(H,18,20)/t14-/m1/s1. The topological polar surface area (TPSA) is 49.4 Å². The summed E-state index contributed by atoms with van der Waals surface area (Å²) in [6.07, 6.45) is 2.21. The summed E-state index contributed by atoms with van der Waals surface area (Å²) in [6, 6.07) is 8.46. The van der Waals surface area contributed by atoms with Gasteiger partial charge in [0.2, 0.25) is 5.91 Å². The summed E-state index contributed by atoms with van der Waals surface area (Å²) in [5, 5.41) is 2.81. The third kappa shape index (κ3) is 2.78. The molecule has 1 heterocycles. The molecule has 1 N–H and O–H groups in total. The molecule has 108 valence electrons. The average molecular weight is 282 g/mol. The normalized spacial score (nSPS) is 20.9. The number of likely N-dealkylation sites (tertiary alicyclic amines) is 1. The van der Waals surface area contributed by atoms with Crippen LogP contribution in [-0.4, -0.2) is 35.3 Å². The Morgan fingerprint density at radius 3 is 2.52 bits per heavy atom. The van der Waals surface area contributed by atoms with E-state index >= 15 is 0 Å². The molecule has 2 aliphatic rings. The fourth-order valence-corrected chi connectivity index (χ4v) is 3.27. The molecule has 1 aliphatic carbocycles. The largest absolute Gasteiger partial charge is 0.340 e. The van der Waals surface area contributed by atoms with Gasteiger partial charge in [-0.3, -0.25) is 9.59 Å². The summed E-state index contributed by atoms with van der Waals surface area (Å²) in [4.78, 5) is 25.6. The van der Waals surface area contributed by atoms with Crippen molar-refractivity contribution in [2.75, 3.05) is 6.54 Å². The lowest BCUT2D eigenvalue weighted by Crippen LogP contribution is -2.40. The van der Waals surface area contributed by atoms with Crippen molar-refractivity contribution in [3.8, 4) is 11.8 Å². The zero-order valence-electron chi connectivity index (χ0n) is 12.1. The Morgan fingerprint density at radius 2 is 1.90 bits per heavy atom. The number of rotatable bonds is 2. The Labute approximate surface area is 124 Å². The molecule has 1 aromatic rings. The second-order valence-electron chi connectivity index (χ2n) is 5.63. The van der Waals surface area contributed by atoms with Crippen LogP contribution in [0.2, 0.25) is 0 Å². The third-order valence-electron chi connectivity index (χ3n) is 4.20. The van der Waals surface area contributed by atoms with Crippen LogP contribution in [0.3, 0.4) is 0 Å². The number of nitrogens with zero attached hydrogens (tertiary/aromatic N) is 1. The molecule has 0 radical (unpaired) electrons. The average Bonchev–Trinajstić information content (AvgIpc) is 3.02. The van der Waals surface area contributed by atoms with Crippen molar-refractivity contribution in [2.45, 2.75) is 38.3 Å². The van der Waals surface area contributed by atoms with Crippen LogP contribution >= 0.6 is 0 Å². The van der Waals surface area contributed by atoms with Gasteiger partial charge in [-0.1, -0.05) is 30.2 Å². The summed E-state index contributed by atoms with van der Waals surface area (Å²) in [5.41, 5.74) is 2.67. The fraction of sp³-hybridized carbons (Fsp3) is 0.412. The van der Waals surface area contributed by atoms with Gasteiger partial charge in [-0.05, 0) is 36.8 Å². The zero-order valence-corrected chi connectivity index (χ0v) is 12.1. The highest BCUT2D eigenvalue weighted by atomic mass is 16.2. The van der Waals surface area contributed by atoms with E-state index in [-0.39, 0.29) is 23.9 Å². The number of hydrogen-bond acceptors (Lipinski definition) is 2. The van der Waals surface area contributed by atoms with E-state index in [2.05, 4.69) is 29.3 Å². The summed E-state index contributed by atoms with van der Waals surface area (Å²) in [5.74, 6) is 4.85. The van der Waals surface area contributed by atoms with E-state index in [0.29, 0.717) is 13.0 Å². The summed E-state index contributed by atoms with van der Waals surface area (Å²) in [7, 11) is 0. The van der Waals surface area contributed by atoms with Gasteiger partial charge >= 0.3 is 0 Å². The van der Waals surface area contributed by atoms with Crippen LogP contribution in [0.1, 0.15) is 24.5 Å². The van der Waals surface area contributed by atoms with Crippen LogP contribution in [-0.2, 0) is 22.4 Å². The third-order valence-corrected chi connectivity index (χ3v) is 4.20. The van der Waals surface area contributed by atoms with Crippen molar-refractivity contribution in [1.29, 1.82) is 0 Å². The molecule has 4 nitrogen and oxygen atoms in total. The summed E-state index contributed by atoms with van der Waals surface area (Å²) < 4.78 is 0. The first-order chi connectivity index (χ1) is 10.2. The first-order valence-corrected chi connectivity index (χ1v) is 7.27. The molecule has 3 rings (SSSR count). The van der Waals surface area contributed by atoms with Crippen LogP contribution < -0.4 is 5.32 Å². The van der Waals surface area contributed by atoms with E-state index in [4.69, 9.17) is 0 Å². The van der Waals surface area contributed by atoms with Crippen LogP contribution in [0.5, 0.6) is 0 Å². The molecule has 0 spiro atoms. The molecule has 1 aliphatic heterocycles. The van der Waals surface area contributed by atoms with Crippen molar-refractivity contribution in [1.82, 2.24) is 10.2 Å². The van der Waals surface area contributed by atoms with Crippen LogP contribution in [0.4, 0.5) is 0 Å². The maximum atomic E-state index is 12.2. The van der Waals surface area contributed by atoms with E-state index in [1.807, 2.05) is 17.0 Å². The molecule has 1 fully saturated rings. The van der Waals surface area contributed by atoms with E-state index in [1.54, 1.807) is 6.92 Å². The number of carbonyl (C=O) groups is 2. The number of hydrogen-bond donors (Lipinski definition) is 1. The molecule has 0 saturated carbocycles. The van der Waals surface area contributed by atoms with Gasteiger partial charge in [0, 0.05) is 19.0 Å². The highest BCUT2D eigenvalue weighted by molar-refractivity contribution is 5.94. The number of amides is 2. The lowest BCUT2D eigenvalue weighted by molar-refractivity contribution is -0.129. The summed E-state index contributed by atoms with van der Waals surface area (Å²) >= 11 is 0. The van der Waals surface area contributed by atoms with Gasteiger partial charge < -0.3 is 10.2 Å². The Hall–Kier alpha value is -2.28. The quantitative estimate of drug-likeness (QED) is 0.819. The highest BCUT2D eigenvalue weighted by Crippen LogP contribution is 2.28. The van der Waals surface area contributed by atoms with Crippen LogP contribution in [0.25, 0.3) is 0 Å². The van der Waals surface area contributed by atoms with Crippen molar-refractivity contribution >= 4 is 11.8 Å². The molecule has 2 amide bonds. The predicted octanol–water partition coefficient (Wildman–Crippen LogP) is 0.894. The molecule has 0 aromatic heterocycles. The smallest absolute Gasteiger partial charge is 0.296 e. The number of fused-ring (bicyclic) bond motifs is 1. The predicted molar refractivity (Wildman–Crippen MR) is 79.3 cm³/mol. The second kappa shape index (κ2) is 5.61. The molecular formula is C17H18N2O2. The lowest BCUT2D eigenvalue weighted by Gasteiger charge is -2.24. The minimum atomic E-state index is -0.299. The maximum absolute atomic E-state index is 12.2.